The van der Waals surface area contributed by atoms with Gasteiger partial charge in [0.1, 0.15) is 22.8 Å². The number of fused-ring (bicyclic) bond motifs is 1. The molecule has 1 aliphatic rings. The third-order valence-corrected chi connectivity index (χ3v) is 5.48. The number of alkyl halides is 5. The molecule has 3 aromatic heterocycles. The second-order valence-corrected chi connectivity index (χ2v) is 7.78. The van der Waals surface area contributed by atoms with Crippen molar-refractivity contribution in [1.29, 1.82) is 0 Å². The molecule has 0 amide bonds. The molecule has 0 aromatic carbocycles. The minimum Gasteiger partial charge on any atom is -0.478 e. The van der Waals surface area contributed by atoms with Gasteiger partial charge in [-0.05, 0) is 18.2 Å². The zero-order valence-electron chi connectivity index (χ0n) is 17.4. The molecule has 0 spiro atoms. The number of rotatable bonds is 5. The summed E-state index contributed by atoms with van der Waals surface area (Å²) in [7, 11) is 0. The summed E-state index contributed by atoms with van der Waals surface area (Å²) in [4.78, 5) is 33.4. The van der Waals surface area contributed by atoms with Crippen molar-refractivity contribution in [2.24, 2.45) is 0 Å². The van der Waals surface area contributed by atoms with E-state index in [1.807, 2.05) is 0 Å². The lowest BCUT2D eigenvalue weighted by atomic mass is 10.1. The van der Waals surface area contributed by atoms with Crippen LogP contribution in [0.25, 0.3) is 5.65 Å². The molecule has 13 heteroatoms. The molecule has 1 atom stereocenters. The first-order valence-electron chi connectivity index (χ1n) is 10.1. The summed E-state index contributed by atoms with van der Waals surface area (Å²) in [6.45, 7) is -0.233. The van der Waals surface area contributed by atoms with Crippen LogP contribution in [0.1, 0.15) is 34.8 Å². The highest BCUT2D eigenvalue weighted by Crippen LogP contribution is 2.37. The van der Waals surface area contributed by atoms with Crippen molar-refractivity contribution in [3.63, 3.8) is 0 Å². The number of pyridine rings is 2. The number of nitrogens with zero attached hydrogens (tertiary/aromatic N) is 4. The van der Waals surface area contributed by atoms with Crippen molar-refractivity contribution in [3.05, 3.63) is 64.2 Å². The van der Waals surface area contributed by atoms with Gasteiger partial charge < -0.3 is 15.3 Å². The van der Waals surface area contributed by atoms with E-state index in [1.54, 1.807) is 0 Å². The first-order chi connectivity index (χ1) is 16.0. The number of aromatic nitrogens is 3. The molecule has 8 nitrogen and oxygen atoms in total. The number of aromatic carboxylic acids is 1. The molecule has 1 aliphatic heterocycles. The Morgan fingerprint density at radius 1 is 1.18 bits per heavy atom. The molecule has 0 radical (unpaired) electrons. The SMILES string of the molecule is O=C(O)c1cccnc1N[C@@H](c1cccn2c(=O)cc(N3CCC(F)(F)CC3)nc12)C(F)(F)F. The van der Waals surface area contributed by atoms with Gasteiger partial charge in [-0.1, -0.05) is 6.07 Å². The van der Waals surface area contributed by atoms with Crippen LogP contribution in [0.15, 0.2) is 47.5 Å². The van der Waals surface area contributed by atoms with Crippen molar-refractivity contribution >= 4 is 23.3 Å². The third-order valence-electron chi connectivity index (χ3n) is 5.48. The molecule has 0 aliphatic carbocycles. The van der Waals surface area contributed by atoms with E-state index < -0.39 is 59.5 Å². The van der Waals surface area contributed by atoms with Gasteiger partial charge in [-0.15, -0.1) is 0 Å². The fourth-order valence-corrected chi connectivity index (χ4v) is 3.75. The van der Waals surface area contributed by atoms with Gasteiger partial charge in [-0.3, -0.25) is 9.20 Å². The van der Waals surface area contributed by atoms with Gasteiger partial charge in [0, 0.05) is 50.0 Å². The van der Waals surface area contributed by atoms with Gasteiger partial charge in [0.2, 0.25) is 0 Å². The highest BCUT2D eigenvalue weighted by Gasteiger charge is 2.43. The number of carbonyl (C=O) groups is 1. The van der Waals surface area contributed by atoms with Crippen molar-refractivity contribution in [2.75, 3.05) is 23.3 Å². The Hall–Kier alpha value is -3.77. The van der Waals surface area contributed by atoms with Crippen molar-refractivity contribution in [2.45, 2.75) is 31.0 Å². The lowest BCUT2D eigenvalue weighted by molar-refractivity contribution is -0.143. The maximum absolute atomic E-state index is 14.1. The van der Waals surface area contributed by atoms with E-state index in [1.165, 1.54) is 23.2 Å². The molecule has 1 saturated heterocycles. The Kier molecular flexibility index (Phi) is 5.87. The zero-order valence-corrected chi connectivity index (χ0v) is 17.4. The Bertz CT molecular complexity index is 1280. The Morgan fingerprint density at radius 3 is 2.53 bits per heavy atom. The number of carboxylic acid groups (broad SMARTS) is 1. The van der Waals surface area contributed by atoms with Crippen LogP contribution in [-0.4, -0.2) is 50.6 Å². The molecule has 3 aromatic rings. The summed E-state index contributed by atoms with van der Waals surface area (Å²) in [5, 5.41) is 11.4. The van der Waals surface area contributed by atoms with Crippen LogP contribution in [0.4, 0.5) is 33.6 Å². The predicted molar refractivity (Wildman–Crippen MR) is 111 cm³/mol. The number of piperidine rings is 1. The minimum atomic E-state index is -4.93. The maximum Gasteiger partial charge on any atom is 0.412 e. The number of carboxylic acids is 1. The Labute approximate surface area is 188 Å². The summed E-state index contributed by atoms with van der Waals surface area (Å²) in [6.07, 6.45) is -3.51. The highest BCUT2D eigenvalue weighted by molar-refractivity contribution is 5.93. The molecule has 2 N–H and O–H groups in total. The average Bonchev–Trinajstić information content (AvgIpc) is 2.76. The normalized spacial score (nSPS) is 16.9. The molecule has 1 fully saturated rings. The van der Waals surface area contributed by atoms with Gasteiger partial charge in [0.05, 0.1) is 0 Å². The van der Waals surface area contributed by atoms with Crippen LogP contribution in [-0.2, 0) is 0 Å². The molecule has 4 heterocycles. The van der Waals surface area contributed by atoms with Crippen LogP contribution in [0.5, 0.6) is 0 Å². The largest absolute Gasteiger partial charge is 0.478 e. The van der Waals surface area contributed by atoms with Gasteiger partial charge in [0.15, 0.2) is 6.04 Å². The smallest absolute Gasteiger partial charge is 0.412 e. The second kappa shape index (κ2) is 8.54. The Morgan fingerprint density at radius 2 is 1.88 bits per heavy atom. The van der Waals surface area contributed by atoms with Gasteiger partial charge in [-0.2, -0.15) is 13.2 Å². The predicted octanol–water partition coefficient (Wildman–Crippen LogP) is 3.74. The summed E-state index contributed by atoms with van der Waals surface area (Å²) < 4.78 is 70.4. The van der Waals surface area contributed by atoms with Crippen molar-refractivity contribution in [1.82, 2.24) is 14.4 Å². The Balaban J connectivity index is 1.82. The van der Waals surface area contributed by atoms with Gasteiger partial charge >= 0.3 is 12.1 Å². The van der Waals surface area contributed by atoms with E-state index in [2.05, 4.69) is 15.3 Å². The van der Waals surface area contributed by atoms with E-state index in [4.69, 9.17) is 0 Å². The number of halogens is 5. The van der Waals surface area contributed by atoms with Gasteiger partial charge in [0.25, 0.3) is 11.5 Å². The fourth-order valence-electron chi connectivity index (χ4n) is 3.75. The zero-order chi connectivity index (χ0) is 24.7. The van der Waals surface area contributed by atoms with Crippen LogP contribution < -0.4 is 15.8 Å². The molecule has 0 saturated carbocycles. The van der Waals surface area contributed by atoms with E-state index in [9.17, 15) is 36.6 Å². The maximum atomic E-state index is 14.1. The number of hydrogen-bond acceptors (Lipinski definition) is 6. The van der Waals surface area contributed by atoms with Gasteiger partial charge in [-0.25, -0.2) is 23.5 Å². The quantitative estimate of drug-likeness (QED) is 0.534. The first kappa shape index (κ1) is 23.4. The molecule has 0 bridgehead atoms. The molecular formula is C21H18F5N5O3. The van der Waals surface area contributed by atoms with Crippen LogP contribution in [0, 0.1) is 0 Å². The molecular weight excluding hydrogens is 465 g/mol. The lowest BCUT2D eigenvalue weighted by Crippen LogP contribution is -2.40. The number of anilines is 2. The lowest BCUT2D eigenvalue weighted by Gasteiger charge is -2.32. The molecule has 180 valence electrons. The van der Waals surface area contributed by atoms with Crippen LogP contribution in [0.2, 0.25) is 0 Å². The highest BCUT2D eigenvalue weighted by atomic mass is 19.4. The van der Waals surface area contributed by atoms with E-state index in [0.717, 1.165) is 28.8 Å². The van der Waals surface area contributed by atoms with Crippen LogP contribution >= 0.6 is 0 Å². The van der Waals surface area contributed by atoms with Crippen LogP contribution in [0.3, 0.4) is 0 Å². The standard InChI is InChI=1S/C21H18F5N5O3/c22-20(23)5-9-30(10-6-20)14-11-15(32)31-8-2-4-12(18(31)28-14)16(21(24,25)26)29-17-13(19(33)34)3-1-7-27-17/h1-4,7-8,11,16H,5-6,9-10H2,(H,27,29)(H,33,34)/t16-/m0/s1. The molecule has 0 unspecified atom stereocenters. The summed E-state index contributed by atoms with van der Waals surface area (Å²) in [6, 6.07) is 3.31. The van der Waals surface area contributed by atoms with E-state index in [-0.39, 0.29) is 24.6 Å². The monoisotopic (exact) mass is 483 g/mol. The molecule has 34 heavy (non-hydrogen) atoms. The minimum absolute atomic E-state index is 0.0158. The summed E-state index contributed by atoms with van der Waals surface area (Å²) in [5.74, 6) is -4.87. The fraction of sp³-hybridized carbons (Fsp3) is 0.333. The topological polar surface area (TPSA) is 99.8 Å². The van der Waals surface area contributed by atoms with Crippen molar-refractivity contribution < 1.29 is 31.9 Å². The van der Waals surface area contributed by atoms with E-state index >= 15 is 0 Å². The summed E-state index contributed by atoms with van der Waals surface area (Å²) >= 11 is 0. The summed E-state index contributed by atoms with van der Waals surface area (Å²) in [5.41, 5.74) is -1.97. The molecule has 4 rings (SSSR count). The first-order valence-corrected chi connectivity index (χ1v) is 10.1. The average molecular weight is 483 g/mol. The second-order valence-electron chi connectivity index (χ2n) is 7.78. The van der Waals surface area contributed by atoms with E-state index in [0.29, 0.717) is 0 Å². The van der Waals surface area contributed by atoms with Crippen molar-refractivity contribution in [3.8, 4) is 0 Å². The third kappa shape index (κ3) is 4.63. The number of hydrogen-bond donors (Lipinski definition) is 2. The number of nitrogens with one attached hydrogen (secondary N) is 1.